The van der Waals surface area contributed by atoms with Crippen LogP contribution >= 0.6 is 0 Å². The third-order valence-corrected chi connectivity index (χ3v) is 1.28. The van der Waals surface area contributed by atoms with Crippen LogP contribution in [0.5, 0.6) is 0 Å². The van der Waals surface area contributed by atoms with E-state index in [1.807, 2.05) is 12.3 Å². The summed E-state index contributed by atoms with van der Waals surface area (Å²) in [5.74, 6) is 0.628. The third kappa shape index (κ3) is 2.09. The molecule has 1 N–H and O–H groups in total. The number of hydrogen-bond acceptors (Lipinski definition) is 0. The number of rotatable bonds is 2. The minimum Gasteiger partial charge on any atom is -0.362 e. The Kier molecular flexibility index (Phi) is 2.32. The Hall–Kier alpha value is -0.980. The molecule has 1 aromatic heterocycles. The lowest BCUT2D eigenvalue weighted by molar-refractivity contribution is 0.836. The normalized spacial score (nSPS) is 11.5. The lowest BCUT2D eigenvalue weighted by Crippen LogP contribution is -1.76. The third-order valence-electron chi connectivity index (χ3n) is 1.28. The highest BCUT2D eigenvalue weighted by Crippen LogP contribution is 2.01. The Balaban J connectivity index is 2.55. The lowest BCUT2D eigenvalue weighted by Gasteiger charge is -1.91. The molecule has 0 fully saturated rings. The van der Waals surface area contributed by atoms with Crippen LogP contribution in [0.25, 0.3) is 6.08 Å². The molecular formula is C9H13N. The summed E-state index contributed by atoms with van der Waals surface area (Å²) in [7, 11) is 0. The van der Waals surface area contributed by atoms with Crippen molar-refractivity contribution < 1.29 is 0 Å². The molecule has 0 aliphatic heterocycles. The van der Waals surface area contributed by atoms with Crippen molar-refractivity contribution in [2.75, 3.05) is 0 Å². The van der Waals surface area contributed by atoms with E-state index >= 15 is 0 Å². The summed E-state index contributed by atoms with van der Waals surface area (Å²) < 4.78 is 0. The Labute approximate surface area is 61.8 Å². The van der Waals surface area contributed by atoms with Crippen molar-refractivity contribution in [2.45, 2.75) is 13.8 Å². The van der Waals surface area contributed by atoms with Gasteiger partial charge in [-0.25, -0.2) is 0 Å². The van der Waals surface area contributed by atoms with Gasteiger partial charge >= 0.3 is 0 Å². The quantitative estimate of drug-likeness (QED) is 0.641. The number of hydrogen-bond donors (Lipinski definition) is 1. The number of nitrogens with one attached hydrogen (secondary N) is 1. The van der Waals surface area contributed by atoms with Gasteiger partial charge in [0, 0.05) is 11.9 Å². The first-order valence-corrected chi connectivity index (χ1v) is 3.60. The van der Waals surface area contributed by atoms with Gasteiger partial charge in [-0.05, 0) is 24.1 Å². The molecule has 0 radical (unpaired) electrons. The van der Waals surface area contributed by atoms with E-state index in [9.17, 15) is 0 Å². The molecule has 0 unspecified atom stereocenters. The molecule has 0 saturated carbocycles. The second-order valence-corrected chi connectivity index (χ2v) is 2.73. The van der Waals surface area contributed by atoms with E-state index in [4.69, 9.17) is 0 Å². The first-order chi connectivity index (χ1) is 4.79. The molecule has 0 atom stereocenters. The van der Waals surface area contributed by atoms with Crippen molar-refractivity contribution >= 4 is 6.08 Å². The van der Waals surface area contributed by atoms with Gasteiger partial charge in [-0.15, -0.1) is 0 Å². The SMILES string of the molecule is CC(C)/C=C/c1ccc[nH]1. The monoisotopic (exact) mass is 135 g/mol. The average Bonchev–Trinajstić information content (AvgIpc) is 2.34. The summed E-state index contributed by atoms with van der Waals surface area (Å²) in [6, 6.07) is 4.05. The minimum absolute atomic E-state index is 0.628. The van der Waals surface area contributed by atoms with Crippen molar-refractivity contribution in [3.05, 3.63) is 30.1 Å². The predicted molar refractivity (Wildman–Crippen MR) is 44.7 cm³/mol. The number of H-pyrrole nitrogens is 1. The van der Waals surface area contributed by atoms with Crippen molar-refractivity contribution in [3.8, 4) is 0 Å². The van der Waals surface area contributed by atoms with Gasteiger partial charge in [0.1, 0.15) is 0 Å². The second-order valence-electron chi connectivity index (χ2n) is 2.73. The molecule has 1 heterocycles. The highest BCUT2D eigenvalue weighted by molar-refractivity contribution is 5.44. The van der Waals surface area contributed by atoms with Gasteiger partial charge in [0.05, 0.1) is 0 Å². The largest absolute Gasteiger partial charge is 0.362 e. The second kappa shape index (κ2) is 3.25. The van der Waals surface area contributed by atoms with Crippen molar-refractivity contribution in [2.24, 2.45) is 5.92 Å². The summed E-state index contributed by atoms with van der Waals surface area (Å²) in [4.78, 5) is 3.11. The summed E-state index contributed by atoms with van der Waals surface area (Å²) in [5, 5.41) is 0. The van der Waals surface area contributed by atoms with E-state index in [-0.39, 0.29) is 0 Å². The highest BCUT2D eigenvalue weighted by atomic mass is 14.7. The summed E-state index contributed by atoms with van der Waals surface area (Å²) in [5.41, 5.74) is 1.17. The molecule has 10 heavy (non-hydrogen) atoms. The maximum absolute atomic E-state index is 3.11. The molecule has 0 bridgehead atoms. The van der Waals surface area contributed by atoms with Gasteiger partial charge < -0.3 is 4.98 Å². The Morgan fingerprint density at radius 1 is 1.50 bits per heavy atom. The summed E-state index contributed by atoms with van der Waals surface area (Å²) >= 11 is 0. The average molecular weight is 135 g/mol. The molecule has 0 saturated heterocycles. The predicted octanol–water partition coefficient (Wildman–Crippen LogP) is 2.68. The Morgan fingerprint density at radius 2 is 2.30 bits per heavy atom. The molecule has 0 amide bonds. The van der Waals surface area contributed by atoms with Gasteiger partial charge in [0.2, 0.25) is 0 Å². The van der Waals surface area contributed by atoms with Gasteiger partial charge in [-0.3, -0.25) is 0 Å². The van der Waals surface area contributed by atoms with E-state index in [1.54, 1.807) is 0 Å². The van der Waals surface area contributed by atoms with E-state index in [0.29, 0.717) is 5.92 Å². The van der Waals surface area contributed by atoms with Crippen molar-refractivity contribution in [3.63, 3.8) is 0 Å². The highest BCUT2D eigenvalue weighted by Gasteiger charge is 1.85. The molecule has 0 spiro atoms. The van der Waals surface area contributed by atoms with Gasteiger partial charge in [0.25, 0.3) is 0 Å². The van der Waals surface area contributed by atoms with Crippen LogP contribution in [-0.2, 0) is 0 Å². The Bertz CT molecular complexity index is 195. The molecule has 54 valence electrons. The maximum Gasteiger partial charge on any atom is 0.0377 e. The minimum atomic E-state index is 0.628. The zero-order valence-corrected chi connectivity index (χ0v) is 6.46. The standard InChI is InChI=1S/C9H13N/c1-8(2)5-6-9-4-3-7-10-9/h3-8,10H,1-2H3/b6-5+. The van der Waals surface area contributed by atoms with Crippen LogP contribution in [0, 0.1) is 5.92 Å². The van der Waals surface area contributed by atoms with Gasteiger partial charge in [-0.1, -0.05) is 19.9 Å². The van der Waals surface area contributed by atoms with Gasteiger partial charge in [-0.2, -0.15) is 0 Å². The maximum atomic E-state index is 3.11. The summed E-state index contributed by atoms with van der Waals surface area (Å²) in [6.45, 7) is 4.33. The van der Waals surface area contributed by atoms with Crippen LogP contribution in [0.2, 0.25) is 0 Å². The van der Waals surface area contributed by atoms with E-state index in [1.165, 1.54) is 5.69 Å². The topological polar surface area (TPSA) is 15.8 Å². The molecule has 0 aromatic carbocycles. The van der Waals surface area contributed by atoms with Crippen LogP contribution in [0.1, 0.15) is 19.5 Å². The summed E-state index contributed by atoms with van der Waals surface area (Å²) in [6.07, 6.45) is 6.20. The molecular weight excluding hydrogens is 122 g/mol. The molecule has 1 rings (SSSR count). The van der Waals surface area contributed by atoms with Crippen LogP contribution in [0.3, 0.4) is 0 Å². The number of aromatic amines is 1. The number of allylic oxidation sites excluding steroid dienone is 1. The fourth-order valence-electron chi connectivity index (χ4n) is 0.744. The fourth-order valence-corrected chi connectivity index (χ4v) is 0.744. The number of aromatic nitrogens is 1. The molecule has 1 aromatic rings. The van der Waals surface area contributed by atoms with Crippen LogP contribution in [0.15, 0.2) is 24.4 Å². The molecule has 0 aliphatic rings. The zero-order chi connectivity index (χ0) is 7.40. The van der Waals surface area contributed by atoms with Crippen LogP contribution in [0.4, 0.5) is 0 Å². The Morgan fingerprint density at radius 3 is 2.80 bits per heavy atom. The smallest absolute Gasteiger partial charge is 0.0377 e. The zero-order valence-electron chi connectivity index (χ0n) is 6.46. The van der Waals surface area contributed by atoms with Crippen LogP contribution in [-0.4, -0.2) is 4.98 Å². The molecule has 1 nitrogen and oxygen atoms in total. The van der Waals surface area contributed by atoms with E-state index in [2.05, 4.69) is 37.0 Å². The van der Waals surface area contributed by atoms with Gasteiger partial charge in [0.15, 0.2) is 0 Å². The van der Waals surface area contributed by atoms with Crippen molar-refractivity contribution in [1.29, 1.82) is 0 Å². The van der Waals surface area contributed by atoms with E-state index in [0.717, 1.165) is 0 Å². The molecule has 0 aliphatic carbocycles. The first-order valence-electron chi connectivity index (χ1n) is 3.60. The lowest BCUT2D eigenvalue weighted by atomic mass is 10.2. The van der Waals surface area contributed by atoms with E-state index < -0.39 is 0 Å². The van der Waals surface area contributed by atoms with Crippen LogP contribution < -0.4 is 0 Å². The van der Waals surface area contributed by atoms with Crippen molar-refractivity contribution in [1.82, 2.24) is 4.98 Å². The fraction of sp³-hybridized carbons (Fsp3) is 0.333. The molecule has 1 heteroatoms. The first kappa shape index (κ1) is 7.13.